The number of nitrogens with zero attached hydrogens (tertiary/aromatic N) is 2. The van der Waals surface area contributed by atoms with Crippen LogP contribution in [0, 0.1) is 13.8 Å². The molecule has 3 aromatic rings. The van der Waals surface area contributed by atoms with E-state index in [4.69, 9.17) is 23.8 Å². The molecule has 0 radical (unpaired) electrons. The summed E-state index contributed by atoms with van der Waals surface area (Å²) in [6.45, 7) is 4.06. The van der Waals surface area contributed by atoms with Crippen LogP contribution >= 0.6 is 23.8 Å². The number of halogens is 1. The molecule has 3 heterocycles. The molecule has 4 rings (SSSR count). The minimum absolute atomic E-state index is 0.125. The van der Waals surface area contributed by atoms with E-state index in [2.05, 4.69) is 21.4 Å². The molecule has 7 heteroatoms. The van der Waals surface area contributed by atoms with E-state index in [0.29, 0.717) is 15.8 Å². The van der Waals surface area contributed by atoms with Crippen molar-refractivity contribution in [1.82, 2.24) is 15.3 Å². The van der Waals surface area contributed by atoms with Gasteiger partial charge < -0.3 is 20.3 Å². The van der Waals surface area contributed by atoms with E-state index in [0.717, 1.165) is 22.6 Å². The molecule has 0 bridgehead atoms. The van der Waals surface area contributed by atoms with Gasteiger partial charge in [0.2, 0.25) is 0 Å². The average Bonchev–Trinajstić information content (AvgIpc) is 3.16. The molecule has 1 aliphatic rings. The van der Waals surface area contributed by atoms with E-state index < -0.39 is 0 Å². The summed E-state index contributed by atoms with van der Waals surface area (Å²) < 4.78 is 0. The van der Waals surface area contributed by atoms with Crippen LogP contribution in [0.15, 0.2) is 48.7 Å². The second-order valence-corrected chi connectivity index (χ2v) is 7.49. The van der Waals surface area contributed by atoms with E-state index in [1.165, 1.54) is 0 Å². The van der Waals surface area contributed by atoms with Crippen LogP contribution in [0.2, 0.25) is 5.02 Å². The van der Waals surface area contributed by atoms with E-state index in [-0.39, 0.29) is 17.8 Å². The number of aryl methyl sites for hydroxylation is 2. The molecule has 1 aromatic carbocycles. The Bertz CT molecular complexity index is 1000. The van der Waals surface area contributed by atoms with Gasteiger partial charge in [0.25, 0.3) is 0 Å². The van der Waals surface area contributed by atoms with Crippen molar-refractivity contribution >= 4 is 34.6 Å². The quantitative estimate of drug-likeness (QED) is 0.564. The van der Waals surface area contributed by atoms with Crippen molar-refractivity contribution in [3.05, 3.63) is 76.3 Å². The summed E-state index contributed by atoms with van der Waals surface area (Å²) in [5.74, 6) is 0.125. The minimum atomic E-state index is -0.179. The zero-order valence-corrected chi connectivity index (χ0v) is 16.5. The van der Waals surface area contributed by atoms with Crippen LogP contribution in [-0.4, -0.2) is 20.2 Å². The number of phenolic OH excluding ortho intramolecular Hbond substituents is 1. The van der Waals surface area contributed by atoms with E-state index in [1.54, 1.807) is 24.4 Å². The van der Waals surface area contributed by atoms with Crippen LogP contribution in [0.5, 0.6) is 5.75 Å². The lowest BCUT2D eigenvalue weighted by molar-refractivity contribution is 0.472. The largest absolute Gasteiger partial charge is 0.506 e. The molecule has 2 atom stereocenters. The number of benzene rings is 1. The second kappa shape index (κ2) is 6.87. The van der Waals surface area contributed by atoms with Gasteiger partial charge in [-0.3, -0.25) is 4.98 Å². The van der Waals surface area contributed by atoms with Gasteiger partial charge in [-0.25, -0.2) is 0 Å². The lowest BCUT2D eigenvalue weighted by atomic mass is 9.96. The fourth-order valence-corrected chi connectivity index (χ4v) is 4.18. The lowest BCUT2D eigenvalue weighted by Gasteiger charge is -2.28. The summed E-state index contributed by atoms with van der Waals surface area (Å²) in [4.78, 5) is 9.81. The third-order valence-corrected chi connectivity index (χ3v) is 5.35. The molecule has 138 valence electrons. The average molecular weight is 399 g/mol. The van der Waals surface area contributed by atoms with Crippen molar-refractivity contribution < 1.29 is 5.11 Å². The van der Waals surface area contributed by atoms with Gasteiger partial charge in [-0.1, -0.05) is 17.7 Å². The summed E-state index contributed by atoms with van der Waals surface area (Å²) in [6.07, 6.45) is 1.77. The van der Waals surface area contributed by atoms with Gasteiger partial charge in [0, 0.05) is 22.6 Å². The van der Waals surface area contributed by atoms with Gasteiger partial charge in [-0.15, -0.1) is 0 Å². The smallest absolute Gasteiger partial charge is 0.174 e. The van der Waals surface area contributed by atoms with Gasteiger partial charge in [0.1, 0.15) is 5.75 Å². The molecule has 5 nitrogen and oxygen atoms in total. The monoisotopic (exact) mass is 398 g/mol. The van der Waals surface area contributed by atoms with Crippen LogP contribution < -0.4 is 10.2 Å². The predicted molar refractivity (Wildman–Crippen MR) is 111 cm³/mol. The minimum Gasteiger partial charge on any atom is -0.506 e. The summed E-state index contributed by atoms with van der Waals surface area (Å²) in [7, 11) is 0. The van der Waals surface area contributed by atoms with Crippen molar-refractivity contribution in [2.75, 3.05) is 4.90 Å². The number of nitrogens with one attached hydrogen (secondary N) is 2. The van der Waals surface area contributed by atoms with Crippen molar-refractivity contribution in [2.24, 2.45) is 0 Å². The Morgan fingerprint density at radius 3 is 2.67 bits per heavy atom. The maximum Gasteiger partial charge on any atom is 0.174 e. The molecule has 1 fully saturated rings. The summed E-state index contributed by atoms with van der Waals surface area (Å²) >= 11 is 11.9. The Hall–Kier alpha value is -2.57. The first-order valence-electron chi connectivity index (χ1n) is 8.61. The first-order valence-corrected chi connectivity index (χ1v) is 9.39. The maximum atomic E-state index is 10.5. The highest BCUT2D eigenvalue weighted by Crippen LogP contribution is 2.45. The molecular weight excluding hydrogens is 380 g/mol. The predicted octanol–water partition coefficient (Wildman–Crippen LogP) is 4.56. The molecule has 1 saturated heterocycles. The number of pyridine rings is 1. The molecule has 1 aliphatic heterocycles. The number of anilines is 1. The molecular formula is C20H19ClN4OS. The Kier molecular flexibility index (Phi) is 4.53. The number of H-pyrrole nitrogens is 1. The second-order valence-electron chi connectivity index (χ2n) is 6.66. The number of aromatic nitrogens is 2. The van der Waals surface area contributed by atoms with Gasteiger partial charge in [0.15, 0.2) is 5.11 Å². The van der Waals surface area contributed by atoms with Gasteiger partial charge in [0.05, 0.1) is 23.5 Å². The van der Waals surface area contributed by atoms with Crippen LogP contribution in [0.3, 0.4) is 0 Å². The van der Waals surface area contributed by atoms with Crippen LogP contribution in [0.4, 0.5) is 5.69 Å². The Morgan fingerprint density at radius 2 is 2.00 bits per heavy atom. The fraction of sp³-hybridized carbons (Fsp3) is 0.200. The normalized spacial score (nSPS) is 19.4. The third kappa shape index (κ3) is 3.15. The van der Waals surface area contributed by atoms with Crippen molar-refractivity contribution in [3.8, 4) is 5.75 Å². The summed E-state index contributed by atoms with van der Waals surface area (Å²) in [5.41, 5.74) is 4.66. The number of phenols is 1. The molecule has 3 N–H and O–H groups in total. The van der Waals surface area contributed by atoms with E-state index in [1.807, 2.05) is 36.9 Å². The Morgan fingerprint density at radius 1 is 1.19 bits per heavy atom. The van der Waals surface area contributed by atoms with Crippen LogP contribution in [0.25, 0.3) is 0 Å². The maximum absolute atomic E-state index is 10.5. The number of hydrogen-bond acceptors (Lipinski definition) is 3. The molecule has 2 aromatic heterocycles. The van der Waals surface area contributed by atoms with Crippen LogP contribution in [0.1, 0.15) is 34.7 Å². The highest BCUT2D eigenvalue weighted by Gasteiger charge is 2.42. The number of aromatic amines is 1. The Balaban J connectivity index is 1.90. The highest BCUT2D eigenvalue weighted by molar-refractivity contribution is 7.80. The molecule has 0 spiro atoms. The summed E-state index contributed by atoms with van der Waals surface area (Å²) in [5, 5.41) is 14.9. The van der Waals surface area contributed by atoms with Crippen LogP contribution in [-0.2, 0) is 0 Å². The van der Waals surface area contributed by atoms with Crippen molar-refractivity contribution in [2.45, 2.75) is 25.9 Å². The molecule has 0 aliphatic carbocycles. The Labute approximate surface area is 168 Å². The summed E-state index contributed by atoms with van der Waals surface area (Å²) in [6, 6.07) is 12.6. The molecule has 0 amide bonds. The van der Waals surface area contributed by atoms with E-state index in [9.17, 15) is 5.11 Å². The van der Waals surface area contributed by atoms with Gasteiger partial charge in [-0.2, -0.15) is 0 Å². The molecule has 27 heavy (non-hydrogen) atoms. The van der Waals surface area contributed by atoms with E-state index >= 15 is 0 Å². The van der Waals surface area contributed by atoms with Gasteiger partial charge in [-0.05, 0) is 68.0 Å². The van der Waals surface area contributed by atoms with Crippen molar-refractivity contribution in [1.29, 1.82) is 0 Å². The van der Waals surface area contributed by atoms with Crippen molar-refractivity contribution in [3.63, 3.8) is 0 Å². The number of hydrogen-bond donors (Lipinski definition) is 3. The first kappa shape index (κ1) is 17.8. The SMILES string of the molecule is Cc1cc([C@@H]2[C@@H](c3ccccn3)NC(=S)N2c2cc(Cl)ccc2O)c(C)[nH]1. The number of rotatable bonds is 3. The lowest BCUT2D eigenvalue weighted by Crippen LogP contribution is -2.29. The molecule has 0 saturated carbocycles. The zero-order valence-electron chi connectivity index (χ0n) is 14.9. The number of aromatic hydroxyl groups is 1. The zero-order chi connectivity index (χ0) is 19.1. The van der Waals surface area contributed by atoms with Gasteiger partial charge >= 0.3 is 0 Å². The first-order chi connectivity index (χ1) is 13.0. The third-order valence-electron chi connectivity index (χ3n) is 4.80. The fourth-order valence-electron chi connectivity index (χ4n) is 3.67. The standard InChI is InChI=1S/C20H19ClN4OS/c1-11-9-14(12(2)23-11)19-18(15-5-3-4-8-22-15)24-20(27)25(19)16-10-13(21)6-7-17(16)26/h3-10,18-19,23,26H,1-2H3,(H,24,27)/t18-,19-/m1/s1. The highest BCUT2D eigenvalue weighted by atomic mass is 35.5. The number of thiocarbonyl (C=S) groups is 1. The molecule has 0 unspecified atom stereocenters. The topological polar surface area (TPSA) is 64.2 Å².